The van der Waals surface area contributed by atoms with E-state index in [1.54, 1.807) is 6.08 Å². The van der Waals surface area contributed by atoms with E-state index in [0.29, 0.717) is 17.4 Å². The summed E-state index contributed by atoms with van der Waals surface area (Å²) in [5.74, 6) is -0.215. The quantitative estimate of drug-likeness (QED) is 0.0290. The maximum Gasteiger partial charge on any atom is 0.268 e. The van der Waals surface area contributed by atoms with E-state index in [-0.39, 0.29) is 12.5 Å². The first kappa shape index (κ1) is 48.0. The van der Waals surface area contributed by atoms with Crippen molar-refractivity contribution in [1.29, 1.82) is 0 Å². The number of aliphatic hydroxyl groups is 1. The molecule has 0 aliphatic carbocycles. The van der Waals surface area contributed by atoms with Crippen molar-refractivity contribution >= 4 is 13.7 Å². The summed E-state index contributed by atoms with van der Waals surface area (Å²) >= 11 is 0. The minimum absolute atomic E-state index is 0.00503. The molecule has 0 aromatic carbocycles. The predicted molar refractivity (Wildman–Crippen MR) is 205 cm³/mol. The zero-order valence-electron chi connectivity index (χ0n) is 32.6. The van der Waals surface area contributed by atoms with Crippen molar-refractivity contribution in [3.05, 3.63) is 24.3 Å². The smallest absolute Gasteiger partial charge is 0.268 e. The van der Waals surface area contributed by atoms with E-state index in [4.69, 9.17) is 9.05 Å². The number of nitrogens with one attached hydrogen (secondary N) is 1. The van der Waals surface area contributed by atoms with Gasteiger partial charge in [0.2, 0.25) is 5.91 Å². The van der Waals surface area contributed by atoms with Crippen molar-refractivity contribution in [1.82, 2.24) is 5.32 Å². The first-order chi connectivity index (χ1) is 23.5. The van der Waals surface area contributed by atoms with Crippen LogP contribution in [0.3, 0.4) is 0 Å². The Morgan fingerprint density at radius 3 is 1.65 bits per heavy atom. The van der Waals surface area contributed by atoms with Gasteiger partial charge in [-0.1, -0.05) is 160 Å². The topological polar surface area (TPSA) is 108 Å². The van der Waals surface area contributed by atoms with Crippen LogP contribution in [0, 0.1) is 0 Å². The van der Waals surface area contributed by atoms with E-state index in [2.05, 4.69) is 31.3 Å². The number of likely N-dealkylation sites (N-methyl/N-ethyl adjacent to an activating group) is 1. The molecule has 3 atom stereocenters. The molecule has 0 bridgehead atoms. The zero-order valence-corrected chi connectivity index (χ0v) is 33.5. The summed E-state index contributed by atoms with van der Waals surface area (Å²) in [7, 11) is 1.24. The molecule has 0 aromatic rings. The second kappa shape index (κ2) is 32.9. The minimum atomic E-state index is -4.58. The van der Waals surface area contributed by atoms with Crippen LogP contribution in [0.15, 0.2) is 24.3 Å². The molecular formula is C40H79N2O6P. The summed E-state index contributed by atoms with van der Waals surface area (Å²) in [6.45, 7) is 4.56. The number of quaternary nitrogens is 1. The second-order valence-corrected chi connectivity index (χ2v) is 16.4. The lowest BCUT2D eigenvalue weighted by Gasteiger charge is -2.29. The molecule has 1 amide bonds. The van der Waals surface area contributed by atoms with Crippen LogP contribution in [0.4, 0.5) is 0 Å². The standard InChI is InChI=1S/C40H79N2O6P/c1-6-8-10-12-14-15-16-17-18-19-20-21-22-23-24-25-26-28-29-31-33-39(43)38(37-48-49(45,46)47-36-35-42(3,4)5)41-40(44)34-32-30-27-13-11-9-7-2/h25-26,31,33,38-39,43H,6-24,27-30,32,34-37H2,1-5H3,(H-,41,44,45,46)/b26-25+,33-31+. The van der Waals surface area contributed by atoms with Gasteiger partial charge in [0.15, 0.2) is 0 Å². The Hall–Kier alpha value is -1.02. The number of hydrogen-bond acceptors (Lipinski definition) is 6. The van der Waals surface area contributed by atoms with Crippen LogP contribution in [0.2, 0.25) is 0 Å². The monoisotopic (exact) mass is 715 g/mol. The summed E-state index contributed by atoms with van der Waals surface area (Å²) in [5, 5.41) is 13.6. The number of allylic oxidation sites excluding steroid dienone is 3. The lowest BCUT2D eigenvalue weighted by molar-refractivity contribution is -0.870. The van der Waals surface area contributed by atoms with Crippen molar-refractivity contribution in [2.24, 2.45) is 0 Å². The van der Waals surface area contributed by atoms with Crippen LogP contribution in [-0.2, 0) is 18.4 Å². The molecule has 2 N–H and O–H groups in total. The third kappa shape index (κ3) is 35.2. The fourth-order valence-corrected chi connectivity index (χ4v) is 6.36. The van der Waals surface area contributed by atoms with E-state index in [0.717, 1.165) is 38.5 Å². The Morgan fingerprint density at radius 2 is 1.14 bits per heavy atom. The molecule has 0 aliphatic heterocycles. The molecule has 0 saturated heterocycles. The fourth-order valence-electron chi connectivity index (χ4n) is 5.64. The molecule has 0 spiro atoms. The molecule has 0 radical (unpaired) electrons. The molecule has 8 nitrogen and oxygen atoms in total. The van der Waals surface area contributed by atoms with Gasteiger partial charge in [0, 0.05) is 6.42 Å². The van der Waals surface area contributed by atoms with Gasteiger partial charge < -0.3 is 28.8 Å². The molecule has 49 heavy (non-hydrogen) atoms. The summed E-state index contributed by atoms with van der Waals surface area (Å²) in [5.41, 5.74) is 0. The Morgan fingerprint density at radius 1 is 0.694 bits per heavy atom. The molecule has 290 valence electrons. The van der Waals surface area contributed by atoms with Gasteiger partial charge in [-0.15, -0.1) is 0 Å². The van der Waals surface area contributed by atoms with E-state index < -0.39 is 26.6 Å². The first-order valence-electron chi connectivity index (χ1n) is 20.2. The molecule has 0 aliphatic rings. The third-order valence-corrected chi connectivity index (χ3v) is 9.88. The molecule has 0 rings (SSSR count). The van der Waals surface area contributed by atoms with Crippen molar-refractivity contribution in [3.8, 4) is 0 Å². The highest BCUT2D eigenvalue weighted by Crippen LogP contribution is 2.38. The maximum absolute atomic E-state index is 12.7. The number of carbonyl (C=O) groups excluding carboxylic acids is 1. The van der Waals surface area contributed by atoms with Gasteiger partial charge in [0.1, 0.15) is 13.2 Å². The van der Waals surface area contributed by atoms with E-state index >= 15 is 0 Å². The number of rotatable bonds is 36. The Kier molecular flexibility index (Phi) is 32.2. The molecule has 0 aromatic heterocycles. The number of hydrogen-bond donors (Lipinski definition) is 2. The minimum Gasteiger partial charge on any atom is -0.756 e. The average molecular weight is 715 g/mol. The van der Waals surface area contributed by atoms with Gasteiger partial charge in [-0.25, -0.2) is 0 Å². The Labute approximate surface area is 303 Å². The van der Waals surface area contributed by atoms with Crippen molar-refractivity contribution in [3.63, 3.8) is 0 Å². The normalized spacial score (nSPS) is 14.8. The van der Waals surface area contributed by atoms with Crippen LogP contribution in [0.1, 0.15) is 174 Å². The fraction of sp³-hybridized carbons (Fsp3) is 0.875. The van der Waals surface area contributed by atoms with Crippen LogP contribution < -0.4 is 10.2 Å². The molecule has 3 unspecified atom stereocenters. The summed E-state index contributed by atoms with van der Waals surface area (Å²) in [4.78, 5) is 25.0. The van der Waals surface area contributed by atoms with Gasteiger partial charge in [0.25, 0.3) is 7.82 Å². The number of aliphatic hydroxyl groups excluding tert-OH is 1. The van der Waals surface area contributed by atoms with Gasteiger partial charge in [-0.05, 0) is 32.1 Å². The second-order valence-electron chi connectivity index (χ2n) is 15.0. The summed E-state index contributed by atoms with van der Waals surface area (Å²) in [6.07, 6.45) is 36.8. The van der Waals surface area contributed by atoms with E-state index in [1.807, 2.05) is 27.2 Å². The van der Waals surface area contributed by atoms with E-state index in [9.17, 15) is 19.4 Å². The highest BCUT2D eigenvalue weighted by Gasteiger charge is 2.23. The zero-order chi connectivity index (χ0) is 36.5. The summed E-state index contributed by atoms with van der Waals surface area (Å²) in [6, 6.07) is -0.895. The molecule has 0 saturated carbocycles. The van der Waals surface area contributed by atoms with E-state index in [1.165, 1.54) is 116 Å². The number of carbonyl (C=O) groups is 1. The lowest BCUT2D eigenvalue weighted by Crippen LogP contribution is -2.45. The van der Waals surface area contributed by atoms with Crippen LogP contribution in [0.25, 0.3) is 0 Å². The Bertz CT molecular complexity index is 860. The van der Waals surface area contributed by atoms with Crippen molar-refractivity contribution in [2.75, 3.05) is 40.9 Å². The van der Waals surface area contributed by atoms with Gasteiger partial charge >= 0.3 is 0 Å². The first-order valence-corrected chi connectivity index (χ1v) is 21.7. The largest absolute Gasteiger partial charge is 0.756 e. The number of amides is 1. The SMILES string of the molecule is CCCCCCCCCCCCCCCC/C=C/CC/C=C/C(O)C(COP(=O)([O-])OCC[N+](C)(C)C)NC(=O)CCCCCCCCC. The predicted octanol–water partition coefficient (Wildman–Crippen LogP) is 9.94. The molecule has 9 heteroatoms. The molecule has 0 fully saturated rings. The van der Waals surface area contributed by atoms with Crippen LogP contribution in [-0.4, -0.2) is 68.5 Å². The molecule has 0 heterocycles. The average Bonchev–Trinajstić information content (AvgIpc) is 3.04. The molecular weight excluding hydrogens is 635 g/mol. The number of phosphoric ester groups is 1. The maximum atomic E-state index is 12.7. The highest BCUT2D eigenvalue weighted by molar-refractivity contribution is 7.45. The van der Waals surface area contributed by atoms with Gasteiger partial charge in [-0.3, -0.25) is 9.36 Å². The van der Waals surface area contributed by atoms with Crippen molar-refractivity contribution in [2.45, 2.75) is 187 Å². The summed E-state index contributed by atoms with van der Waals surface area (Å²) < 4.78 is 23.0. The number of nitrogens with zero attached hydrogens (tertiary/aromatic N) is 1. The number of phosphoric acid groups is 1. The Balaban J connectivity index is 4.39. The lowest BCUT2D eigenvalue weighted by atomic mass is 10.0. The van der Waals surface area contributed by atoms with Crippen LogP contribution in [0.5, 0.6) is 0 Å². The van der Waals surface area contributed by atoms with Gasteiger partial charge in [0.05, 0.1) is 39.9 Å². The van der Waals surface area contributed by atoms with Gasteiger partial charge in [-0.2, -0.15) is 0 Å². The van der Waals surface area contributed by atoms with Crippen LogP contribution >= 0.6 is 7.82 Å². The van der Waals surface area contributed by atoms with Crippen molar-refractivity contribution < 1.29 is 32.9 Å². The third-order valence-electron chi connectivity index (χ3n) is 8.91. The highest BCUT2D eigenvalue weighted by atomic mass is 31.2. The number of unbranched alkanes of at least 4 members (excludes halogenated alkanes) is 21.